The third kappa shape index (κ3) is 2.32. The van der Waals surface area contributed by atoms with E-state index in [0.29, 0.717) is 5.03 Å². The predicted molar refractivity (Wildman–Crippen MR) is 48.4 cm³/mol. The first-order valence-corrected chi connectivity index (χ1v) is 4.40. The Morgan fingerprint density at radius 3 is 3.17 bits per heavy atom. The molecule has 12 heavy (non-hydrogen) atoms. The van der Waals surface area contributed by atoms with Gasteiger partial charge in [0.25, 0.3) is 0 Å². The third-order valence-corrected chi connectivity index (χ3v) is 1.73. The summed E-state index contributed by atoms with van der Waals surface area (Å²) in [7, 11) is 0. The van der Waals surface area contributed by atoms with Crippen LogP contribution in [-0.4, -0.2) is 22.4 Å². The van der Waals surface area contributed by atoms with Crippen LogP contribution in [0.2, 0.25) is 0 Å². The van der Waals surface area contributed by atoms with Crippen molar-refractivity contribution in [3.63, 3.8) is 0 Å². The molecule has 0 fully saturated rings. The Balaban J connectivity index is 2.74. The number of hydrogen-bond acceptors (Lipinski definition) is 4. The number of carbonyl (C=O) groups excluding carboxylic acids is 1. The summed E-state index contributed by atoms with van der Waals surface area (Å²) >= 11 is 1.38. The lowest BCUT2D eigenvalue weighted by molar-refractivity contribution is 0.569. The fraction of sp³-hybridized carbons (Fsp3) is 0.143. The first kappa shape index (κ1) is 8.68. The molecule has 5 heteroatoms. The zero-order valence-corrected chi connectivity index (χ0v) is 7.23. The van der Waals surface area contributed by atoms with Crippen LogP contribution < -0.4 is 5.32 Å². The van der Waals surface area contributed by atoms with Crippen molar-refractivity contribution < 1.29 is 4.79 Å². The van der Waals surface area contributed by atoms with Crippen molar-refractivity contribution in [1.82, 2.24) is 10.2 Å². The molecule has 0 aliphatic rings. The molecule has 2 N–H and O–H groups in total. The van der Waals surface area contributed by atoms with E-state index in [1.165, 1.54) is 11.8 Å². The van der Waals surface area contributed by atoms with Crippen LogP contribution in [-0.2, 0) is 4.79 Å². The van der Waals surface area contributed by atoms with Crippen molar-refractivity contribution in [1.29, 1.82) is 0 Å². The molecule has 0 unspecified atom stereocenters. The fourth-order valence-corrected chi connectivity index (χ4v) is 0.983. The Labute approximate surface area is 73.7 Å². The Hall–Kier alpha value is -1.41. The number of aromatic amines is 1. The lowest BCUT2D eigenvalue weighted by atomic mass is 10.6. The largest absolute Gasteiger partial charge is 0.328 e. The van der Waals surface area contributed by atoms with E-state index >= 15 is 0 Å². The van der Waals surface area contributed by atoms with E-state index in [2.05, 4.69) is 21.2 Å². The second kappa shape index (κ2) is 4.46. The average molecular weight is 181 g/mol. The molecule has 0 spiro atoms. The smallest absolute Gasteiger partial charge is 0.179 e. The number of nitrogens with zero attached hydrogens (tertiary/aromatic N) is 1. The van der Waals surface area contributed by atoms with Gasteiger partial charge in [0, 0.05) is 11.8 Å². The maximum Gasteiger partial charge on any atom is 0.179 e. The van der Waals surface area contributed by atoms with Crippen molar-refractivity contribution in [3.8, 4) is 0 Å². The summed E-state index contributed by atoms with van der Waals surface area (Å²) in [4.78, 5) is 9.97. The van der Waals surface area contributed by atoms with Gasteiger partial charge in [-0.25, -0.2) is 4.79 Å². The van der Waals surface area contributed by atoms with Crippen LogP contribution in [0.15, 0.2) is 23.0 Å². The first-order chi connectivity index (χ1) is 5.86. The molecule has 0 amide bonds. The molecule has 1 aromatic rings. The number of hydrogen-bond donors (Lipinski definition) is 2. The van der Waals surface area contributed by atoms with E-state index in [9.17, 15) is 4.79 Å². The van der Waals surface area contributed by atoms with E-state index in [4.69, 9.17) is 0 Å². The summed E-state index contributed by atoms with van der Waals surface area (Å²) in [6.45, 7) is 0. The second-order valence-electron chi connectivity index (χ2n) is 1.86. The van der Waals surface area contributed by atoms with Crippen LogP contribution in [0.1, 0.15) is 0 Å². The van der Waals surface area contributed by atoms with Crippen LogP contribution in [0, 0.1) is 0 Å². The Bertz CT molecular complexity index is 320. The maximum absolute atomic E-state index is 9.97. The molecule has 1 rings (SSSR count). The van der Waals surface area contributed by atoms with Gasteiger partial charge in [0.05, 0.1) is 6.20 Å². The fourth-order valence-electron chi connectivity index (χ4n) is 0.627. The first-order valence-electron chi connectivity index (χ1n) is 3.17. The molecule has 0 bridgehead atoms. The lowest BCUT2D eigenvalue weighted by Crippen LogP contribution is -1.94. The molecular formula is C7H7N3OS. The van der Waals surface area contributed by atoms with E-state index in [-0.39, 0.29) is 0 Å². The van der Waals surface area contributed by atoms with Gasteiger partial charge >= 0.3 is 0 Å². The maximum atomic E-state index is 9.97. The van der Waals surface area contributed by atoms with Crippen LogP contribution in [0.3, 0.4) is 0 Å². The normalized spacial score (nSPS) is 8.42. The second-order valence-corrected chi connectivity index (χ2v) is 2.67. The molecule has 1 heterocycles. The van der Waals surface area contributed by atoms with Gasteiger partial charge in [0.2, 0.25) is 0 Å². The summed E-state index contributed by atoms with van der Waals surface area (Å²) < 4.78 is 0. The molecule has 0 saturated heterocycles. The quantitative estimate of drug-likeness (QED) is 0.539. The molecule has 0 radical (unpaired) electrons. The summed E-state index contributed by atoms with van der Waals surface area (Å²) in [5.74, 6) is 2.30. The van der Waals surface area contributed by atoms with Gasteiger partial charge in [-0.2, -0.15) is 5.10 Å². The Morgan fingerprint density at radius 1 is 1.83 bits per heavy atom. The van der Waals surface area contributed by atoms with Gasteiger partial charge in [-0.3, -0.25) is 5.10 Å². The number of thioether (sulfide) groups is 1. The average Bonchev–Trinajstić information content (AvgIpc) is 2.56. The number of H-pyrrole nitrogens is 1. The van der Waals surface area contributed by atoms with Gasteiger partial charge in [-0.05, 0) is 6.26 Å². The molecule has 0 aliphatic heterocycles. The summed E-state index contributed by atoms with van der Waals surface area (Å²) in [6.07, 6.45) is 3.45. The molecule has 0 aromatic carbocycles. The highest BCUT2D eigenvalue weighted by atomic mass is 32.2. The summed E-state index contributed by atoms with van der Waals surface area (Å²) in [6, 6.07) is 1.75. The molecule has 4 nitrogen and oxygen atoms in total. The lowest BCUT2D eigenvalue weighted by Gasteiger charge is -2.00. The number of rotatable bonds is 3. The molecule has 1 aromatic heterocycles. The zero-order chi connectivity index (χ0) is 8.81. The third-order valence-electron chi connectivity index (χ3n) is 1.12. The van der Waals surface area contributed by atoms with Crippen molar-refractivity contribution >= 4 is 23.5 Å². The Morgan fingerprint density at radius 2 is 2.67 bits per heavy atom. The minimum Gasteiger partial charge on any atom is -0.328 e. The van der Waals surface area contributed by atoms with Crippen LogP contribution in [0.4, 0.5) is 5.82 Å². The summed E-state index contributed by atoms with van der Waals surface area (Å²) in [5, 5.41) is 9.93. The van der Waals surface area contributed by atoms with E-state index in [1.807, 2.05) is 6.26 Å². The van der Waals surface area contributed by atoms with Crippen molar-refractivity contribution in [2.75, 3.05) is 11.6 Å². The monoisotopic (exact) mass is 181 g/mol. The minimum atomic E-state index is 0.606. The van der Waals surface area contributed by atoms with E-state index in [1.54, 1.807) is 18.2 Å². The molecular weight excluding hydrogens is 174 g/mol. The molecule has 62 valence electrons. The van der Waals surface area contributed by atoms with E-state index < -0.39 is 0 Å². The van der Waals surface area contributed by atoms with Crippen molar-refractivity contribution in [2.24, 2.45) is 0 Å². The molecule has 0 aliphatic carbocycles. The van der Waals surface area contributed by atoms with E-state index in [0.717, 1.165) is 5.82 Å². The zero-order valence-electron chi connectivity index (χ0n) is 6.42. The molecule has 0 atom stereocenters. The number of anilines is 1. The SMILES string of the molecule is CSC(=C=C=O)Nc1ccn[nH]1. The van der Waals surface area contributed by atoms with Crippen molar-refractivity contribution in [2.45, 2.75) is 0 Å². The predicted octanol–water partition coefficient (Wildman–Crippen LogP) is 1.01. The highest BCUT2D eigenvalue weighted by Gasteiger charge is 1.95. The molecule has 0 saturated carbocycles. The van der Waals surface area contributed by atoms with Gasteiger partial charge in [-0.1, -0.05) is 0 Å². The Kier molecular flexibility index (Phi) is 3.23. The minimum absolute atomic E-state index is 0.606. The highest BCUT2D eigenvalue weighted by molar-refractivity contribution is 8.02. The van der Waals surface area contributed by atoms with Crippen LogP contribution in [0.5, 0.6) is 0 Å². The van der Waals surface area contributed by atoms with Gasteiger partial charge in [0.1, 0.15) is 10.8 Å². The number of aromatic nitrogens is 2. The standard InChI is InChI=1S/C7H7N3OS/c1-12-7(3-5-11)9-6-2-4-8-10-6/h2,4H,1H3,(H2,8,9,10). The van der Waals surface area contributed by atoms with Gasteiger partial charge < -0.3 is 5.32 Å². The topological polar surface area (TPSA) is 57.8 Å². The highest BCUT2D eigenvalue weighted by Crippen LogP contribution is 2.11. The van der Waals surface area contributed by atoms with Gasteiger partial charge in [-0.15, -0.1) is 11.8 Å². The van der Waals surface area contributed by atoms with Crippen LogP contribution in [0.25, 0.3) is 0 Å². The summed E-state index contributed by atoms with van der Waals surface area (Å²) in [5.41, 5.74) is 2.39. The van der Waals surface area contributed by atoms with Crippen molar-refractivity contribution in [3.05, 3.63) is 23.0 Å². The van der Waals surface area contributed by atoms with Gasteiger partial charge in [0.15, 0.2) is 5.94 Å². The number of nitrogens with one attached hydrogen (secondary N) is 2. The van der Waals surface area contributed by atoms with Crippen LogP contribution >= 0.6 is 11.8 Å².